The summed E-state index contributed by atoms with van der Waals surface area (Å²) < 4.78 is 1.01. The lowest BCUT2D eigenvalue weighted by Gasteiger charge is -2.11. The summed E-state index contributed by atoms with van der Waals surface area (Å²) in [4.78, 5) is 12.0. The van der Waals surface area contributed by atoms with Crippen LogP contribution in [0.2, 0.25) is 0 Å². The minimum absolute atomic E-state index is 0.0741. The highest BCUT2D eigenvalue weighted by Crippen LogP contribution is 2.26. The van der Waals surface area contributed by atoms with Gasteiger partial charge in [-0.2, -0.15) is 0 Å². The van der Waals surface area contributed by atoms with Crippen LogP contribution in [0.4, 0.5) is 5.69 Å². The first-order chi connectivity index (χ1) is 8.06. The number of rotatable bonds is 2. The Labute approximate surface area is 110 Å². The van der Waals surface area contributed by atoms with Crippen molar-refractivity contribution >= 4 is 27.5 Å². The summed E-state index contributed by atoms with van der Waals surface area (Å²) in [5, 5.41) is 2.95. The van der Waals surface area contributed by atoms with Crippen molar-refractivity contribution < 1.29 is 4.79 Å². The van der Waals surface area contributed by atoms with E-state index in [1.165, 1.54) is 0 Å². The number of benzene rings is 1. The first-order valence-electron chi connectivity index (χ1n) is 5.89. The molecule has 1 saturated carbocycles. The average molecular weight is 297 g/mol. The Bertz CT molecular complexity index is 433. The third-order valence-electron chi connectivity index (χ3n) is 3.28. The SMILES string of the molecule is Cc1ccc(NC(=O)C2CCC(N)C2)cc1Br. The number of carbonyl (C=O) groups is 1. The summed E-state index contributed by atoms with van der Waals surface area (Å²) in [6.07, 6.45) is 2.66. The fraction of sp³-hybridized carbons (Fsp3) is 0.462. The third-order valence-corrected chi connectivity index (χ3v) is 4.14. The Balaban J connectivity index is 2.00. The van der Waals surface area contributed by atoms with Gasteiger partial charge in [-0.05, 0) is 43.9 Å². The van der Waals surface area contributed by atoms with Gasteiger partial charge in [0.1, 0.15) is 0 Å². The van der Waals surface area contributed by atoms with Crippen LogP contribution in [-0.4, -0.2) is 11.9 Å². The van der Waals surface area contributed by atoms with Gasteiger partial charge in [0, 0.05) is 22.1 Å². The molecular formula is C13H17BrN2O. The van der Waals surface area contributed by atoms with E-state index >= 15 is 0 Å². The summed E-state index contributed by atoms with van der Waals surface area (Å²) in [5.74, 6) is 0.166. The molecule has 3 nitrogen and oxygen atoms in total. The predicted octanol–water partition coefficient (Wildman–Crippen LogP) is 2.82. The van der Waals surface area contributed by atoms with Gasteiger partial charge < -0.3 is 11.1 Å². The fourth-order valence-corrected chi connectivity index (χ4v) is 2.55. The molecule has 1 fully saturated rings. The minimum atomic E-state index is 0.0741. The van der Waals surface area contributed by atoms with Crippen LogP contribution in [0.5, 0.6) is 0 Å². The summed E-state index contributed by atoms with van der Waals surface area (Å²) in [6.45, 7) is 2.02. The summed E-state index contributed by atoms with van der Waals surface area (Å²) in [5.41, 5.74) is 7.81. The molecule has 2 unspecified atom stereocenters. The van der Waals surface area contributed by atoms with Crippen LogP contribution in [-0.2, 0) is 4.79 Å². The molecule has 0 heterocycles. The Morgan fingerprint density at radius 3 is 2.82 bits per heavy atom. The first-order valence-corrected chi connectivity index (χ1v) is 6.68. The molecule has 1 aliphatic carbocycles. The molecule has 3 N–H and O–H groups in total. The van der Waals surface area contributed by atoms with Crippen molar-refractivity contribution in [3.8, 4) is 0 Å². The first kappa shape index (κ1) is 12.6. The van der Waals surface area contributed by atoms with Crippen LogP contribution >= 0.6 is 15.9 Å². The summed E-state index contributed by atoms with van der Waals surface area (Å²) >= 11 is 3.46. The molecule has 0 aromatic heterocycles. The fourth-order valence-electron chi connectivity index (χ4n) is 2.17. The van der Waals surface area contributed by atoms with E-state index in [2.05, 4.69) is 21.2 Å². The highest BCUT2D eigenvalue weighted by Gasteiger charge is 2.27. The molecule has 0 saturated heterocycles. The minimum Gasteiger partial charge on any atom is -0.328 e. The van der Waals surface area contributed by atoms with Gasteiger partial charge in [0.25, 0.3) is 0 Å². The van der Waals surface area contributed by atoms with Crippen LogP contribution in [0, 0.1) is 12.8 Å². The molecule has 2 rings (SSSR count). The van der Waals surface area contributed by atoms with E-state index in [1.807, 2.05) is 25.1 Å². The van der Waals surface area contributed by atoms with Gasteiger partial charge in [0.15, 0.2) is 0 Å². The molecule has 1 aliphatic rings. The normalized spacial score (nSPS) is 23.7. The Morgan fingerprint density at radius 2 is 2.24 bits per heavy atom. The van der Waals surface area contributed by atoms with E-state index < -0.39 is 0 Å². The quantitative estimate of drug-likeness (QED) is 0.882. The molecule has 17 heavy (non-hydrogen) atoms. The zero-order valence-electron chi connectivity index (χ0n) is 9.87. The van der Waals surface area contributed by atoms with E-state index in [1.54, 1.807) is 0 Å². The maximum Gasteiger partial charge on any atom is 0.227 e. The van der Waals surface area contributed by atoms with Crippen LogP contribution in [0.3, 0.4) is 0 Å². The second-order valence-corrected chi connectivity index (χ2v) is 5.58. The largest absolute Gasteiger partial charge is 0.328 e. The Morgan fingerprint density at radius 1 is 1.47 bits per heavy atom. The van der Waals surface area contributed by atoms with Gasteiger partial charge in [-0.1, -0.05) is 22.0 Å². The van der Waals surface area contributed by atoms with E-state index in [0.717, 1.165) is 35.0 Å². The topological polar surface area (TPSA) is 55.1 Å². The van der Waals surface area contributed by atoms with Crippen molar-refractivity contribution in [3.05, 3.63) is 28.2 Å². The number of halogens is 1. The Kier molecular flexibility index (Phi) is 3.84. The predicted molar refractivity (Wildman–Crippen MR) is 72.8 cm³/mol. The van der Waals surface area contributed by atoms with E-state index in [-0.39, 0.29) is 17.9 Å². The molecule has 1 amide bonds. The van der Waals surface area contributed by atoms with Crippen molar-refractivity contribution in [3.63, 3.8) is 0 Å². The molecule has 0 spiro atoms. The number of nitrogens with two attached hydrogens (primary N) is 1. The van der Waals surface area contributed by atoms with Crippen molar-refractivity contribution in [1.82, 2.24) is 0 Å². The second-order valence-electron chi connectivity index (χ2n) is 4.72. The number of anilines is 1. The van der Waals surface area contributed by atoms with Crippen LogP contribution in [0.1, 0.15) is 24.8 Å². The van der Waals surface area contributed by atoms with Crippen molar-refractivity contribution in [1.29, 1.82) is 0 Å². The number of amides is 1. The molecule has 0 bridgehead atoms. The number of nitrogens with one attached hydrogen (secondary N) is 1. The van der Waals surface area contributed by atoms with Crippen LogP contribution in [0.25, 0.3) is 0 Å². The second kappa shape index (κ2) is 5.19. The van der Waals surface area contributed by atoms with E-state index in [9.17, 15) is 4.79 Å². The van der Waals surface area contributed by atoms with Crippen molar-refractivity contribution in [2.24, 2.45) is 11.7 Å². The highest BCUT2D eigenvalue weighted by atomic mass is 79.9. The standard InChI is InChI=1S/C13H17BrN2O/c1-8-2-5-11(7-12(8)14)16-13(17)9-3-4-10(15)6-9/h2,5,7,9-10H,3-4,6,15H2,1H3,(H,16,17). The van der Waals surface area contributed by atoms with Gasteiger partial charge >= 0.3 is 0 Å². The number of hydrogen-bond acceptors (Lipinski definition) is 2. The molecule has 92 valence electrons. The molecule has 1 aromatic rings. The highest BCUT2D eigenvalue weighted by molar-refractivity contribution is 9.10. The maximum absolute atomic E-state index is 12.0. The number of hydrogen-bond donors (Lipinski definition) is 2. The summed E-state index contributed by atoms with van der Waals surface area (Å²) in [6, 6.07) is 6.03. The van der Waals surface area contributed by atoms with Gasteiger partial charge in [-0.3, -0.25) is 4.79 Å². The third kappa shape index (κ3) is 3.07. The monoisotopic (exact) mass is 296 g/mol. The molecule has 0 aliphatic heterocycles. The lowest BCUT2D eigenvalue weighted by Crippen LogP contribution is -2.23. The van der Waals surface area contributed by atoms with Gasteiger partial charge in [-0.25, -0.2) is 0 Å². The zero-order chi connectivity index (χ0) is 12.4. The zero-order valence-corrected chi connectivity index (χ0v) is 11.5. The number of aryl methyl sites for hydroxylation is 1. The van der Waals surface area contributed by atoms with Crippen molar-refractivity contribution in [2.75, 3.05) is 5.32 Å². The lowest BCUT2D eigenvalue weighted by molar-refractivity contribution is -0.119. The average Bonchev–Trinajstić information content (AvgIpc) is 2.70. The number of carbonyl (C=O) groups excluding carboxylic acids is 1. The van der Waals surface area contributed by atoms with Crippen molar-refractivity contribution in [2.45, 2.75) is 32.2 Å². The van der Waals surface area contributed by atoms with Crippen LogP contribution in [0.15, 0.2) is 22.7 Å². The lowest BCUT2D eigenvalue weighted by atomic mass is 10.1. The molecule has 4 heteroatoms. The van der Waals surface area contributed by atoms with E-state index in [0.29, 0.717) is 0 Å². The maximum atomic E-state index is 12.0. The van der Waals surface area contributed by atoms with Gasteiger partial charge in [-0.15, -0.1) is 0 Å². The van der Waals surface area contributed by atoms with Crippen LogP contribution < -0.4 is 11.1 Å². The smallest absolute Gasteiger partial charge is 0.227 e. The molecular weight excluding hydrogens is 280 g/mol. The van der Waals surface area contributed by atoms with E-state index in [4.69, 9.17) is 5.73 Å². The Hall–Kier alpha value is -0.870. The van der Waals surface area contributed by atoms with Gasteiger partial charge in [0.2, 0.25) is 5.91 Å². The van der Waals surface area contributed by atoms with Gasteiger partial charge in [0.05, 0.1) is 0 Å². The molecule has 2 atom stereocenters. The molecule has 0 radical (unpaired) electrons. The molecule has 1 aromatic carbocycles. The summed E-state index contributed by atoms with van der Waals surface area (Å²) in [7, 11) is 0.